The molecular weight excluding hydrogens is 682 g/mol. The monoisotopic (exact) mass is 712 g/mol. The highest BCUT2D eigenvalue weighted by Crippen LogP contribution is 2.35. The van der Waals surface area contributed by atoms with E-state index in [0.717, 1.165) is 17.7 Å². The topological polar surface area (TPSA) is 105 Å². The third kappa shape index (κ3) is 11.1. The van der Waals surface area contributed by atoms with Gasteiger partial charge in [-0.3, -0.25) is 0 Å². The fraction of sp³-hybridized carbons (Fsp3) is 0.0698. The Morgan fingerprint density at radius 2 is 1.26 bits per heavy atom. The molecule has 0 aliphatic heterocycles. The highest BCUT2D eigenvalue weighted by Gasteiger charge is 2.25. The molecule has 0 atom stereocenters. The Labute approximate surface area is 304 Å². The predicted molar refractivity (Wildman–Crippen MR) is 193 cm³/mol. The van der Waals surface area contributed by atoms with Gasteiger partial charge in [-0.05, 0) is 79.6 Å². The summed E-state index contributed by atoms with van der Waals surface area (Å²) in [5, 5.41) is 0. The molecule has 0 unspecified atom stereocenters. The molecule has 4 aromatic carbocycles. The van der Waals surface area contributed by atoms with Crippen LogP contribution in [0.1, 0.15) is 57.6 Å². The Balaban J connectivity index is 1.48. The van der Waals surface area contributed by atoms with E-state index >= 15 is 8.78 Å². The molecule has 0 radical (unpaired) electrons. The minimum Gasteiger partial charge on any atom is -0.457 e. The van der Waals surface area contributed by atoms with E-state index in [0.29, 0.717) is 22.3 Å². The van der Waals surface area contributed by atoms with Crippen LogP contribution in [0.15, 0.2) is 122 Å². The zero-order chi connectivity index (χ0) is 38.5. The Hall–Kier alpha value is -7.30. The number of carbonyl (C=O) groups is 4. The van der Waals surface area contributed by atoms with Crippen LogP contribution in [-0.2, 0) is 30.5 Å². The summed E-state index contributed by atoms with van der Waals surface area (Å²) in [4.78, 5) is 48.1. The lowest BCUT2D eigenvalue weighted by Gasteiger charge is -2.12. The van der Waals surface area contributed by atoms with Crippen molar-refractivity contribution in [3.05, 3.63) is 173 Å². The van der Waals surface area contributed by atoms with Crippen LogP contribution >= 0.6 is 0 Å². The van der Waals surface area contributed by atoms with Crippen molar-refractivity contribution in [3.63, 3.8) is 0 Å². The molecule has 4 aromatic rings. The van der Waals surface area contributed by atoms with Crippen LogP contribution in [0.25, 0.3) is 6.08 Å². The molecule has 0 spiro atoms. The van der Waals surface area contributed by atoms with Crippen molar-refractivity contribution in [2.45, 2.75) is 20.5 Å². The summed E-state index contributed by atoms with van der Waals surface area (Å²) in [5.41, 5.74) is 3.12. The van der Waals surface area contributed by atoms with Gasteiger partial charge in [0.15, 0.2) is 11.6 Å². The number of hydrogen-bond acceptors (Lipinski definition) is 8. The van der Waals surface area contributed by atoms with Crippen LogP contribution in [-0.4, -0.2) is 23.9 Å². The lowest BCUT2D eigenvalue weighted by molar-refractivity contribution is -0.140. The molecule has 264 valence electrons. The molecule has 8 nitrogen and oxygen atoms in total. The molecule has 0 aliphatic rings. The minimum absolute atomic E-state index is 0.00398. The molecule has 53 heavy (non-hydrogen) atoms. The van der Waals surface area contributed by atoms with E-state index in [9.17, 15) is 19.2 Å². The van der Waals surface area contributed by atoms with Crippen molar-refractivity contribution in [2.75, 3.05) is 0 Å². The summed E-state index contributed by atoms with van der Waals surface area (Å²) in [6.45, 7) is 13.4. The number of esters is 4. The van der Waals surface area contributed by atoms with Gasteiger partial charge in [-0.1, -0.05) is 67.7 Å². The van der Waals surface area contributed by atoms with Crippen LogP contribution in [0.4, 0.5) is 8.78 Å². The number of hydrogen-bond donors (Lipinski definition) is 0. The molecule has 0 heterocycles. The molecule has 0 aromatic heterocycles. The summed E-state index contributed by atoms with van der Waals surface area (Å²) in [7, 11) is 0. The lowest BCUT2D eigenvalue weighted by Crippen LogP contribution is -2.13. The summed E-state index contributed by atoms with van der Waals surface area (Å²) >= 11 is 0. The molecule has 0 saturated heterocycles. The molecule has 0 fully saturated rings. The first kappa shape index (κ1) is 38.5. The predicted octanol–water partition coefficient (Wildman–Crippen LogP) is 7.78. The van der Waals surface area contributed by atoms with E-state index in [-0.39, 0.29) is 23.3 Å². The Kier molecular flexibility index (Phi) is 13.1. The normalized spacial score (nSPS) is 10.1. The van der Waals surface area contributed by atoms with E-state index in [1.54, 1.807) is 61.5 Å². The molecule has 10 heteroatoms. The molecule has 0 saturated carbocycles. The number of rotatable bonds is 10. The fourth-order valence-electron chi connectivity index (χ4n) is 4.03. The van der Waals surface area contributed by atoms with Crippen molar-refractivity contribution in [1.29, 1.82) is 0 Å². The molecule has 4 rings (SSSR count). The lowest BCUT2D eigenvalue weighted by atomic mass is 10.1. The van der Waals surface area contributed by atoms with Gasteiger partial charge in [-0.2, -0.15) is 4.39 Å². The first-order valence-electron chi connectivity index (χ1n) is 15.6. The second kappa shape index (κ2) is 18.1. The first-order valence-corrected chi connectivity index (χ1v) is 15.6. The molecular formula is C43H30F2O8. The van der Waals surface area contributed by atoms with E-state index in [4.69, 9.17) is 18.9 Å². The highest BCUT2D eigenvalue weighted by atomic mass is 19.2. The van der Waals surface area contributed by atoms with Crippen LogP contribution in [0, 0.1) is 35.3 Å². The van der Waals surface area contributed by atoms with Gasteiger partial charge in [0.2, 0.25) is 11.6 Å². The Bertz CT molecular complexity index is 2260. The summed E-state index contributed by atoms with van der Waals surface area (Å²) in [5.74, 6) is 3.36. The van der Waals surface area contributed by atoms with Crippen molar-refractivity contribution in [1.82, 2.24) is 0 Å². The minimum atomic E-state index is -1.61. The van der Waals surface area contributed by atoms with Crippen LogP contribution in [0.5, 0.6) is 11.5 Å². The van der Waals surface area contributed by atoms with E-state index in [1.807, 2.05) is 0 Å². The highest BCUT2D eigenvalue weighted by molar-refractivity contribution is 5.92. The van der Waals surface area contributed by atoms with Gasteiger partial charge in [0, 0.05) is 40.0 Å². The SMILES string of the molecule is C=CC(=O)Oc1cc(C#Cc2ccc(COC(=O)C(=C)C)cc2)c(F)c(F)c1OC(=O)c1ccc(C#Cc2ccc(/C=C/OC(=O)C(=C)C)cc2)cc1. The van der Waals surface area contributed by atoms with E-state index in [1.165, 1.54) is 37.5 Å². The summed E-state index contributed by atoms with van der Waals surface area (Å²) in [6.07, 6.45) is 3.68. The van der Waals surface area contributed by atoms with Crippen molar-refractivity contribution in [2.24, 2.45) is 0 Å². The van der Waals surface area contributed by atoms with Gasteiger partial charge in [0.1, 0.15) is 6.61 Å². The van der Waals surface area contributed by atoms with E-state index in [2.05, 4.69) is 43.4 Å². The van der Waals surface area contributed by atoms with Crippen LogP contribution < -0.4 is 9.47 Å². The smallest absolute Gasteiger partial charge is 0.343 e. The Morgan fingerprint density at radius 1 is 0.717 bits per heavy atom. The maximum absolute atomic E-state index is 15.4. The third-order valence-electron chi connectivity index (χ3n) is 6.88. The van der Waals surface area contributed by atoms with Crippen molar-refractivity contribution >= 4 is 30.0 Å². The molecule has 0 amide bonds. The van der Waals surface area contributed by atoms with Gasteiger partial charge in [-0.15, -0.1) is 0 Å². The maximum atomic E-state index is 15.4. The third-order valence-corrected chi connectivity index (χ3v) is 6.88. The van der Waals surface area contributed by atoms with Gasteiger partial charge in [-0.25, -0.2) is 23.6 Å². The maximum Gasteiger partial charge on any atom is 0.343 e. The fourth-order valence-corrected chi connectivity index (χ4v) is 4.03. The Morgan fingerprint density at radius 3 is 1.83 bits per heavy atom. The second-order valence-electron chi connectivity index (χ2n) is 11.1. The molecule has 0 N–H and O–H groups in total. The van der Waals surface area contributed by atoms with Crippen LogP contribution in [0.2, 0.25) is 0 Å². The van der Waals surface area contributed by atoms with Gasteiger partial charge in [0.25, 0.3) is 0 Å². The summed E-state index contributed by atoms with van der Waals surface area (Å²) in [6, 6.07) is 20.3. The number of halogens is 2. The second-order valence-corrected chi connectivity index (χ2v) is 11.1. The number of ether oxygens (including phenoxy) is 4. The molecule has 0 bridgehead atoms. The van der Waals surface area contributed by atoms with Gasteiger partial charge < -0.3 is 18.9 Å². The quantitative estimate of drug-likeness (QED) is 0.0540. The average molecular weight is 713 g/mol. The zero-order valence-corrected chi connectivity index (χ0v) is 28.6. The van der Waals surface area contributed by atoms with Crippen LogP contribution in [0.3, 0.4) is 0 Å². The van der Waals surface area contributed by atoms with Gasteiger partial charge in [0.05, 0.1) is 17.4 Å². The standard InChI is InChI=1S/C43H30F2O8/c1-6-37(46)52-36-25-35(22-19-30-13-15-33(16-14-30)26-51-42(48)28(4)5)38(44)39(45)40(36)53-43(49)34-20-17-31(18-21-34)8-7-29-9-11-32(12-10-29)23-24-50-41(47)27(2)3/h6,9-18,20-21,23-25H,1-2,4,26H2,3,5H3/b24-23+. The number of carbonyl (C=O) groups excluding carboxylic acids is 4. The van der Waals surface area contributed by atoms with Crippen molar-refractivity contribution in [3.8, 4) is 35.2 Å². The van der Waals surface area contributed by atoms with E-state index < -0.39 is 52.6 Å². The average Bonchev–Trinajstić information content (AvgIpc) is 3.16. The zero-order valence-electron chi connectivity index (χ0n) is 28.6. The summed E-state index contributed by atoms with van der Waals surface area (Å²) < 4.78 is 50.9. The van der Waals surface area contributed by atoms with Gasteiger partial charge >= 0.3 is 23.9 Å². The first-order chi connectivity index (χ1) is 25.3. The van der Waals surface area contributed by atoms with Crippen molar-refractivity contribution < 1.29 is 46.9 Å². The number of benzene rings is 4. The molecule has 0 aliphatic carbocycles. The largest absolute Gasteiger partial charge is 0.457 e.